The van der Waals surface area contributed by atoms with Crippen molar-refractivity contribution in [2.75, 3.05) is 23.7 Å². The Hall–Kier alpha value is -1.22. The zero-order valence-corrected chi connectivity index (χ0v) is 9.98. The lowest BCUT2D eigenvalue weighted by Crippen LogP contribution is -2.42. The molecule has 0 aliphatic carbocycles. The quantitative estimate of drug-likeness (QED) is 0.709. The molecule has 1 aliphatic heterocycles. The third kappa shape index (κ3) is 2.00. The van der Waals surface area contributed by atoms with E-state index in [2.05, 4.69) is 24.8 Å². The van der Waals surface area contributed by atoms with E-state index in [0.717, 1.165) is 30.9 Å². The number of piperidine rings is 1. The number of nitrogen functional groups attached to an aromatic ring is 1. The first kappa shape index (κ1) is 11.3. The van der Waals surface area contributed by atoms with E-state index in [1.165, 1.54) is 5.56 Å². The minimum Gasteiger partial charge on any atom is -0.397 e. The van der Waals surface area contributed by atoms with Gasteiger partial charge in [0.05, 0.1) is 17.5 Å². The molecule has 1 aromatic carbocycles. The number of aliphatic hydroxyl groups is 1. The van der Waals surface area contributed by atoms with E-state index >= 15 is 0 Å². The Kier molecular flexibility index (Phi) is 3.06. The topological polar surface area (TPSA) is 49.5 Å². The van der Waals surface area contributed by atoms with Crippen LogP contribution in [0.5, 0.6) is 0 Å². The zero-order chi connectivity index (χ0) is 11.7. The minimum atomic E-state index is -0.165. The third-order valence-corrected chi connectivity index (χ3v) is 3.45. The number of aryl methyl sites for hydroxylation is 1. The van der Waals surface area contributed by atoms with Crippen molar-refractivity contribution in [2.45, 2.75) is 26.4 Å². The van der Waals surface area contributed by atoms with Crippen LogP contribution in [-0.4, -0.2) is 24.3 Å². The van der Waals surface area contributed by atoms with Gasteiger partial charge >= 0.3 is 0 Å². The van der Waals surface area contributed by atoms with E-state index < -0.39 is 0 Å². The number of nitrogens with two attached hydrogens (primary N) is 1. The van der Waals surface area contributed by atoms with Crippen molar-refractivity contribution < 1.29 is 5.11 Å². The summed E-state index contributed by atoms with van der Waals surface area (Å²) in [6, 6.07) is 6.01. The number of rotatable bonds is 1. The molecule has 0 spiro atoms. The van der Waals surface area contributed by atoms with Gasteiger partial charge in [-0.1, -0.05) is 19.1 Å². The van der Waals surface area contributed by atoms with Crippen LogP contribution in [0.4, 0.5) is 11.4 Å². The van der Waals surface area contributed by atoms with Crippen LogP contribution < -0.4 is 10.6 Å². The smallest absolute Gasteiger partial charge is 0.0629 e. The average molecular weight is 220 g/mol. The number of benzene rings is 1. The van der Waals surface area contributed by atoms with Gasteiger partial charge in [-0.25, -0.2) is 0 Å². The largest absolute Gasteiger partial charge is 0.397 e. The molecule has 0 saturated carbocycles. The molecule has 0 bridgehead atoms. The molecule has 1 saturated heterocycles. The Morgan fingerprint density at radius 3 is 2.81 bits per heavy atom. The highest BCUT2D eigenvalue weighted by molar-refractivity contribution is 5.71. The first-order valence-electron chi connectivity index (χ1n) is 5.87. The molecule has 3 heteroatoms. The van der Waals surface area contributed by atoms with Crippen molar-refractivity contribution in [3.05, 3.63) is 23.8 Å². The van der Waals surface area contributed by atoms with Crippen LogP contribution in [-0.2, 0) is 0 Å². The van der Waals surface area contributed by atoms with Crippen LogP contribution in [0.25, 0.3) is 0 Å². The lowest BCUT2D eigenvalue weighted by atomic mass is 9.95. The number of hydrogen-bond donors (Lipinski definition) is 2. The summed E-state index contributed by atoms with van der Waals surface area (Å²) in [5.41, 5.74) is 9.22. The molecule has 1 aliphatic rings. The lowest BCUT2D eigenvalue weighted by Gasteiger charge is -2.37. The molecule has 0 aromatic heterocycles. The summed E-state index contributed by atoms with van der Waals surface area (Å²) >= 11 is 0. The van der Waals surface area contributed by atoms with Crippen LogP contribution in [0.1, 0.15) is 18.9 Å². The van der Waals surface area contributed by atoms with Gasteiger partial charge in [0.2, 0.25) is 0 Å². The molecule has 1 heterocycles. The van der Waals surface area contributed by atoms with Gasteiger partial charge in [-0.2, -0.15) is 0 Å². The molecule has 2 atom stereocenters. The fourth-order valence-electron chi connectivity index (χ4n) is 2.45. The maximum Gasteiger partial charge on any atom is 0.0629 e. The zero-order valence-electron chi connectivity index (χ0n) is 9.98. The fourth-order valence-corrected chi connectivity index (χ4v) is 2.45. The number of anilines is 2. The van der Waals surface area contributed by atoms with Crippen molar-refractivity contribution in [1.29, 1.82) is 0 Å². The summed E-state index contributed by atoms with van der Waals surface area (Å²) in [5, 5.41) is 9.72. The molecule has 1 aromatic rings. The summed E-state index contributed by atoms with van der Waals surface area (Å²) in [5.74, 6) is 0.313. The van der Waals surface area contributed by atoms with E-state index in [9.17, 15) is 5.11 Å². The van der Waals surface area contributed by atoms with Crippen molar-refractivity contribution in [3.8, 4) is 0 Å². The second-order valence-electron chi connectivity index (χ2n) is 4.79. The van der Waals surface area contributed by atoms with Gasteiger partial charge in [0, 0.05) is 13.1 Å². The summed E-state index contributed by atoms with van der Waals surface area (Å²) in [4.78, 5) is 2.29. The van der Waals surface area contributed by atoms with Crippen LogP contribution in [0.3, 0.4) is 0 Å². The molecule has 3 N–H and O–H groups in total. The van der Waals surface area contributed by atoms with Crippen LogP contribution in [0.15, 0.2) is 18.2 Å². The Balaban J connectivity index is 2.25. The van der Waals surface area contributed by atoms with E-state index in [1.54, 1.807) is 0 Å². The Morgan fingerprint density at radius 2 is 2.19 bits per heavy atom. The standard InChI is InChI=1S/C13H20N2O/c1-9-4-3-5-11(14)13(9)15-7-6-12(16)10(2)8-15/h3-5,10,12,16H,6-8,14H2,1-2H3. The highest BCUT2D eigenvalue weighted by atomic mass is 16.3. The SMILES string of the molecule is Cc1cccc(N)c1N1CCC(O)C(C)C1. The average Bonchev–Trinajstić information content (AvgIpc) is 2.23. The van der Waals surface area contributed by atoms with Crippen molar-refractivity contribution in [2.24, 2.45) is 5.92 Å². The summed E-state index contributed by atoms with van der Waals surface area (Å²) in [6.45, 7) is 5.95. The lowest BCUT2D eigenvalue weighted by molar-refractivity contribution is 0.0971. The maximum absolute atomic E-state index is 9.72. The minimum absolute atomic E-state index is 0.165. The molecule has 88 valence electrons. The predicted octanol–water partition coefficient (Wildman–Crippen LogP) is 1.78. The molecule has 1 fully saturated rings. The van der Waals surface area contributed by atoms with Gasteiger partial charge in [-0.3, -0.25) is 0 Å². The van der Waals surface area contributed by atoms with E-state index in [4.69, 9.17) is 5.73 Å². The van der Waals surface area contributed by atoms with E-state index in [0.29, 0.717) is 5.92 Å². The second-order valence-corrected chi connectivity index (χ2v) is 4.79. The second kappa shape index (κ2) is 4.34. The molecule has 16 heavy (non-hydrogen) atoms. The van der Waals surface area contributed by atoms with E-state index in [-0.39, 0.29) is 6.10 Å². The first-order chi connectivity index (χ1) is 7.59. The van der Waals surface area contributed by atoms with Crippen molar-refractivity contribution in [3.63, 3.8) is 0 Å². The first-order valence-corrected chi connectivity index (χ1v) is 5.87. The molecule has 3 nitrogen and oxygen atoms in total. The van der Waals surface area contributed by atoms with Crippen LogP contribution >= 0.6 is 0 Å². The molecule has 2 rings (SSSR count). The van der Waals surface area contributed by atoms with Crippen molar-refractivity contribution >= 4 is 11.4 Å². The number of aliphatic hydroxyl groups excluding tert-OH is 1. The van der Waals surface area contributed by atoms with Gasteiger partial charge in [-0.05, 0) is 30.9 Å². The highest BCUT2D eigenvalue weighted by Gasteiger charge is 2.25. The fraction of sp³-hybridized carbons (Fsp3) is 0.538. The Bertz CT molecular complexity index is 358. The van der Waals surface area contributed by atoms with Gasteiger partial charge in [-0.15, -0.1) is 0 Å². The van der Waals surface area contributed by atoms with Gasteiger partial charge in [0.25, 0.3) is 0 Å². The van der Waals surface area contributed by atoms with Gasteiger partial charge in [0.1, 0.15) is 0 Å². The van der Waals surface area contributed by atoms with Crippen LogP contribution in [0.2, 0.25) is 0 Å². The normalized spacial score (nSPS) is 25.8. The molecular formula is C13H20N2O. The summed E-state index contributed by atoms with van der Waals surface area (Å²) in [7, 11) is 0. The maximum atomic E-state index is 9.72. The predicted molar refractivity (Wildman–Crippen MR) is 67.6 cm³/mol. The van der Waals surface area contributed by atoms with Crippen molar-refractivity contribution in [1.82, 2.24) is 0 Å². The molecule has 0 amide bonds. The summed E-state index contributed by atoms with van der Waals surface area (Å²) in [6.07, 6.45) is 0.663. The number of nitrogens with zero attached hydrogens (tertiary/aromatic N) is 1. The van der Waals surface area contributed by atoms with Crippen LogP contribution in [0, 0.1) is 12.8 Å². The third-order valence-electron chi connectivity index (χ3n) is 3.45. The number of para-hydroxylation sites is 1. The summed E-state index contributed by atoms with van der Waals surface area (Å²) < 4.78 is 0. The Morgan fingerprint density at radius 1 is 1.44 bits per heavy atom. The van der Waals surface area contributed by atoms with Gasteiger partial charge in [0.15, 0.2) is 0 Å². The Labute approximate surface area is 96.9 Å². The molecular weight excluding hydrogens is 200 g/mol. The number of hydrogen-bond acceptors (Lipinski definition) is 3. The monoisotopic (exact) mass is 220 g/mol. The van der Waals surface area contributed by atoms with Gasteiger partial charge < -0.3 is 15.7 Å². The van der Waals surface area contributed by atoms with E-state index in [1.807, 2.05) is 12.1 Å². The molecule has 2 unspecified atom stereocenters. The molecule has 0 radical (unpaired) electrons. The highest BCUT2D eigenvalue weighted by Crippen LogP contribution is 2.31.